The third-order valence-electron chi connectivity index (χ3n) is 2.59. The topological polar surface area (TPSA) is 20.2 Å². The minimum atomic E-state index is -0.852. The van der Waals surface area contributed by atoms with Gasteiger partial charge in [-0.25, -0.2) is 4.39 Å². The molecule has 0 aromatic heterocycles. The first-order valence-corrected chi connectivity index (χ1v) is 5.71. The number of hydrogen-bond acceptors (Lipinski definition) is 1. The largest absolute Gasteiger partial charge is 0.388 e. The van der Waals surface area contributed by atoms with Crippen molar-refractivity contribution in [1.29, 1.82) is 0 Å². The fraction of sp³-hybridized carbons (Fsp3) is 0.143. The molecule has 88 valence electrons. The number of halogens is 2. The van der Waals surface area contributed by atoms with E-state index in [1.807, 2.05) is 30.3 Å². The summed E-state index contributed by atoms with van der Waals surface area (Å²) in [6.07, 6.45) is -0.464. The van der Waals surface area contributed by atoms with E-state index in [0.29, 0.717) is 11.4 Å². The van der Waals surface area contributed by atoms with Crippen LogP contribution < -0.4 is 0 Å². The molecule has 2 aromatic carbocycles. The van der Waals surface area contributed by atoms with Crippen LogP contribution in [0.25, 0.3) is 0 Å². The van der Waals surface area contributed by atoms with Crippen LogP contribution in [0.5, 0.6) is 0 Å². The van der Waals surface area contributed by atoms with E-state index in [2.05, 4.69) is 0 Å². The lowest BCUT2D eigenvalue weighted by molar-refractivity contribution is 0.173. The molecule has 0 saturated heterocycles. The van der Waals surface area contributed by atoms with Crippen LogP contribution in [0.1, 0.15) is 17.2 Å². The molecule has 2 rings (SSSR count). The van der Waals surface area contributed by atoms with Gasteiger partial charge < -0.3 is 5.11 Å². The molecule has 0 aliphatic heterocycles. The zero-order chi connectivity index (χ0) is 12.3. The van der Waals surface area contributed by atoms with Crippen LogP contribution in [0.15, 0.2) is 48.5 Å². The van der Waals surface area contributed by atoms with E-state index >= 15 is 0 Å². The molecule has 0 aliphatic rings. The van der Waals surface area contributed by atoms with Gasteiger partial charge in [-0.3, -0.25) is 0 Å². The maximum Gasteiger partial charge on any atom is 0.130 e. The SMILES string of the molecule is OC(Cc1ccccc1)c1ccc(Cl)cc1F. The highest BCUT2D eigenvalue weighted by Gasteiger charge is 2.13. The van der Waals surface area contributed by atoms with Crippen LogP contribution >= 0.6 is 11.6 Å². The van der Waals surface area contributed by atoms with Crippen molar-refractivity contribution in [2.24, 2.45) is 0 Å². The normalized spacial score (nSPS) is 12.4. The molecular formula is C14H12ClFO. The molecule has 0 saturated carbocycles. The van der Waals surface area contributed by atoms with Crippen LogP contribution in [0, 0.1) is 5.82 Å². The van der Waals surface area contributed by atoms with E-state index in [0.717, 1.165) is 5.56 Å². The molecule has 3 heteroatoms. The maximum absolute atomic E-state index is 13.6. The van der Waals surface area contributed by atoms with Crippen LogP contribution in [-0.4, -0.2) is 5.11 Å². The second kappa shape index (κ2) is 5.30. The number of hydrogen-bond donors (Lipinski definition) is 1. The lowest BCUT2D eigenvalue weighted by Gasteiger charge is -2.12. The Bertz CT molecular complexity index is 499. The number of aliphatic hydroxyl groups excluding tert-OH is 1. The molecule has 0 fully saturated rings. The van der Waals surface area contributed by atoms with E-state index < -0.39 is 11.9 Å². The number of rotatable bonds is 3. The van der Waals surface area contributed by atoms with Crippen molar-refractivity contribution in [3.8, 4) is 0 Å². The molecule has 17 heavy (non-hydrogen) atoms. The van der Waals surface area contributed by atoms with Gasteiger partial charge in [0.1, 0.15) is 5.82 Å². The van der Waals surface area contributed by atoms with Crippen LogP contribution in [0.3, 0.4) is 0 Å². The van der Waals surface area contributed by atoms with Gasteiger partial charge in [-0.15, -0.1) is 0 Å². The van der Waals surface area contributed by atoms with E-state index in [1.54, 1.807) is 6.07 Å². The summed E-state index contributed by atoms with van der Waals surface area (Å²) in [7, 11) is 0. The molecule has 0 spiro atoms. The van der Waals surface area contributed by atoms with Gasteiger partial charge in [-0.1, -0.05) is 48.0 Å². The summed E-state index contributed by atoms with van der Waals surface area (Å²) in [5, 5.41) is 10.3. The van der Waals surface area contributed by atoms with Crippen LogP contribution in [0.2, 0.25) is 5.02 Å². The van der Waals surface area contributed by atoms with Gasteiger partial charge in [-0.05, 0) is 17.7 Å². The van der Waals surface area contributed by atoms with Gasteiger partial charge in [-0.2, -0.15) is 0 Å². The first-order valence-electron chi connectivity index (χ1n) is 5.34. The second-order valence-corrected chi connectivity index (χ2v) is 4.31. The molecule has 0 aliphatic carbocycles. The lowest BCUT2D eigenvalue weighted by atomic mass is 10.0. The smallest absolute Gasteiger partial charge is 0.130 e. The Morgan fingerprint density at radius 1 is 1.12 bits per heavy atom. The maximum atomic E-state index is 13.6. The Labute approximate surface area is 104 Å². The van der Waals surface area contributed by atoms with Gasteiger partial charge in [0.15, 0.2) is 0 Å². The third kappa shape index (κ3) is 3.05. The third-order valence-corrected chi connectivity index (χ3v) is 2.83. The van der Waals surface area contributed by atoms with Crippen molar-refractivity contribution in [3.05, 3.63) is 70.5 Å². The Hall–Kier alpha value is -1.38. The summed E-state index contributed by atoms with van der Waals surface area (Å²) in [5.74, 6) is -0.471. The van der Waals surface area contributed by atoms with Crippen molar-refractivity contribution in [1.82, 2.24) is 0 Å². The van der Waals surface area contributed by atoms with E-state index in [9.17, 15) is 9.50 Å². The van der Waals surface area contributed by atoms with Gasteiger partial charge in [0, 0.05) is 17.0 Å². The summed E-state index contributed by atoms with van der Waals surface area (Å²) >= 11 is 5.66. The molecule has 1 unspecified atom stereocenters. The van der Waals surface area contributed by atoms with Gasteiger partial charge >= 0.3 is 0 Å². The second-order valence-electron chi connectivity index (χ2n) is 3.87. The minimum Gasteiger partial charge on any atom is -0.388 e. The van der Waals surface area contributed by atoms with Crippen molar-refractivity contribution in [3.63, 3.8) is 0 Å². The molecule has 1 nitrogen and oxygen atoms in total. The van der Waals surface area contributed by atoms with Gasteiger partial charge in [0.05, 0.1) is 6.10 Å². The molecular weight excluding hydrogens is 239 g/mol. The van der Waals surface area contributed by atoms with Crippen molar-refractivity contribution in [2.45, 2.75) is 12.5 Å². The fourth-order valence-corrected chi connectivity index (χ4v) is 1.88. The average molecular weight is 251 g/mol. The first-order chi connectivity index (χ1) is 8.16. The van der Waals surface area contributed by atoms with Crippen LogP contribution in [-0.2, 0) is 6.42 Å². The zero-order valence-corrected chi connectivity index (χ0v) is 9.86. The summed E-state index contributed by atoms with van der Waals surface area (Å²) in [6.45, 7) is 0. The van der Waals surface area contributed by atoms with Gasteiger partial charge in [0.2, 0.25) is 0 Å². The number of aliphatic hydroxyl groups is 1. The highest BCUT2D eigenvalue weighted by molar-refractivity contribution is 6.30. The molecule has 1 atom stereocenters. The lowest BCUT2D eigenvalue weighted by Crippen LogP contribution is -2.04. The summed E-state index contributed by atoms with van der Waals surface area (Å²) in [5.41, 5.74) is 1.24. The summed E-state index contributed by atoms with van der Waals surface area (Å²) in [6, 6.07) is 13.8. The van der Waals surface area contributed by atoms with Gasteiger partial charge in [0.25, 0.3) is 0 Å². The van der Waals surface area contributed by atoms with Crippen molar-refractivity contribution < 1.29 is 9.50 Å². The standard InChI is InChI=1S/C14H12ClFO/c15-11-6-7-12(13(16)9-11)14(17)8-10-4-2-1-3-5-10/h1-7,9,14,17H,8H2. The molecule has 0 heterocycles. The van der Waals surface area contributed by atoms with Crippen LogP contribution in [0.4, 0.5) is 4.39 Å². The van der Waals surface area contributed by atoms with Crippen molar-refractivity contribution >= 4 is 11.6 Å². The summed E-state index contributed by atoms with van der Waals surface area (Å²) < 4.78 is 13.6. The Balaban J connectivity index is 2.17. The monoisotopic (exact) mass is 250 g/mol. The Kier molecular flexibility index (Phi) is 3.77. The summed E-state index contributed by atoms with van der Waals surface area (Å²) in [4.78, 5) is 0. The fourth-order valence-electron chi connectivity index (χ4n) is 1.72. The Morgan fingerprint density at radius 3 is 2.47 bits per heavy atom. The molecule has 0 bridgehead atoms. The zero-order valence-electron chi connectivity index (χ0n) is 9.11. The molecule has 0 amide bonds. The minimum absolute atomic E-state index is 0.276. The first kappa shape index (κ1) is 12.1. The quantitative estimate of drug-likeness (QED) is 0.880. The van der Waals surface area contributed by atoms with E-state index in [4.69, 9.17) is 11.6 Å². The molecule has 0 radical (unpaired) electrons. The predicted molar refractivity (Wildman–Crippen MR) is 66.5 cm³/mol. The predicted octanol–water partition coefficient (Wildman–Crippen LogP) is 3.76. The number of benzene rings is 2. The molecule has 1 N–H and O–H groups in total. The highest BCUT2D eigenvalue weighted by Crippen LogP contribution is 2.23. The Morgan fingerprint density at radius 2 is 1.82 bits per heavy atom. The van der Waals surface area contributed by atoms with Crippen molar-refractivity contribution in [2.75, 3.05) is 0 Å². The average Bonchev–Trinajstić information content (AvgIpc) is 2.30. The highest BCUT2D eigenvalue weighted by atomic mass is 35.5. The van der Waals surface area contributed by atoms with E-state index in [-0.39, 0.29) is 5.56 Å². The van der Waals surface area contributed by atoms with E-state index in [1.165, 1.54) is 12.1 Å². The molecule has 2 aromatic rings.